The number of nitro benzene ring substituents is 1. The smallest absolute Gasteiger partial charge is 0.412 e. The lowest BCUT2D eigenvalue weighted by Gasteiger charge is -2.19. The standard InChI is InChI=1S/C22H25N3O8/c1-13(19(26)24-17-10-9-16(31-5)12-18(17)25(29)30)32-20(27)14-7-6-8-15(11-14)23-21(28)33-22(2,3)4/h6-13H,1-5H3,(H,23,28)(H,24,26). The second kappa shape index (κ2) is 10.4. The van der Waals surface area contributed by atoms with Crippen LogP contribution in [0.4, 0.5) is 21.9 Å². The fourth-order valence-electron chi connectivity index (χ4n) is 2.56. The first-order valence-electron chi connectivity index (χ1n) is 9.84. The van der Waals surface area contributed by atoms with Gasteiger partial charge in [-0.15, -0.1) is 0 Å². The predicted octanol–water partition coefficient (Wildman–Crippen LogP) is 4.13. The second-order valence-electron chi connectivity index (χ2n) is 7.88. The third-order valence-electron chi connectivity index (χ3n) is 4.06. The third-order valence-corrected chi connectivity index (χ3v) is 4.06. The van der Waals surface area contributed by atoms with E-state index in [2.05, 4.69) is 10.6 Å². The number of ether oxygens (including phenoxy) is 3. The Bertz CT molecular complexity index is 1060. The molecule has 0 heterocycles. The van der Waals surface area contributed by atoms with Crippen molar-refractivity contribution in [2.24, 2.45) is 0 Å². The Hall–Kier alpha value is -4.15. The molecular formula is C22H25N3O8. The Kier molecular flexibility index (Phi) is 7.95. The summed E-state index contributed by atoms with van der Waals surface area (Å²) in [6, 6.07) is 9.81. The molecule has 11 nitrogen and oxygen atoms in total. The van der Waals surface area contributed by atoms with Gasteiger partial charge >= 0.3 is 12.1 Å². The van der Waals surface area contributed by atoms with Gasteiger partial charge in [0.2, 0.25) is 0 Å². The van der Waals surface area contributed by atoms with Crippen molar-refractivity contribution in [2.45, 2.75) is 39.4 Å². The zero-order valence-corrected chi connectivity index (χ0v) is 18.8. The van der Waals surface area contributed by atoms with Crippen LogP contribution in [0.15, 0.2) is 42.5 Å². The van der Waals surface area contributed by atoms with Crippen molar-refractivity contribution >= 4 is 35.0 Å². The summed E-state index contributed by atoms with van der Waals surface area (Å²) in [5.74, 6) is -1.34. The van der Waals surface area contributed by atoms with Crippen LogP contribution in [0.5, 0.6) is 5.75 Å². The number of hydrogen-bond acceptors (Lipinski definition) is 8. The number of hydrogen-bond donors (Lipinski definition) is 2. The lowest BCUT2D eigenvalue weighted by Crippen LogP contribution is -2.30. The molecule has 0 bridgehead atoms. The van der Waals surface area contributed by atoms with Gasteiger partial charge in [0.25, 0.3) is 11.6 Å². The van der Waals surface area contributed by atoms with Gasteiger partial charge in [0, 0.05) is 5.69 Å². The molecule has 0 radical (unpaired) electrons. The van der Waals surface area contributed by atoms with Gasteiger partial charge in [-0.3, -0.25) is 20.2 Å². The van der Waals surface area contributed by atoms with Gasteiger partial charge in [-0.05, 0) is 58.0 Å². The molecule has 1 unspecified atom stereocenters. The first-order chi connectivity index (χ1) is 15.4. The number of carbonyl (C=O) groups excluding carboxylic acids is 3. The molecule has 0 fully saturated rings. The molecule has 0 aliphatic heterocycles. The molecule has 0 spiro atoms. The highest BCUT2D eigenvalue weighted by molar-refractivity contribution is 5.99. The molecule has 0 aliphatic carbocycles. The maximum Gasteiger partial charge on any atom is 0.412 e. The molecule has 11 heteroatoms. The third kappa shape index (κ3) is 7.49. The molecule has 1 atom stereocenters. The van der Waals surface area contributed by atoms with Gasteiger partial charge in [-0.2, -0.15) is 0 Å². The minimum absolute atomic E-state index is 0.0720. The van der Waals surface area contributed by atoms with Crippen LogP contribution in [-0.2, 0) is 14.3 Å². The van der Waals surface area contributed by atoms with E-state index in [1.165, 1.54) is 44.4 Å². The molecule has 0 saturated heterocycles. The molecule has 33 heavy (non-hydrogen) atoms. The van der Waals surface area contributed by atoms with E-state index in [1.54, 1.807) is 26.8 Å². The van der Waals surface area contributed by atoms with Crippen LogP contribution in [0, 0.1) is 10.1 Å². The van der Waals surface area contributed by atoms with E-state index in [1.807, 2.05) is 0 Å². The average molecular weight is 459 g/mol. The number of carbonyl (C=O) groups is 3. The number of rotatable bonds is 7. The summed E-state index contributed by atoms with van der Waals surface area (Å²) >= 11 is 0. The zero-order valence-electron chi connectivity index (χ0n) is 18.8. The molecule has 2 rings (SSSR count). The van der Waals surface area contributed by atoms with Crippen LogP contribution in [0.3, 0.4) is 0 Å². The molecule has 176 valence electrons. The molecule has 2 aromatic rings. The number of esters is 1. The molecule has 0 saturated carbocycles. The van der Waals surface area contributed by atoms with Crippen molar-refractivity contribution < 1.29 is 33.5 Å². The maximum atomic E-state index is 12.5. The van der Waals surface area contributed by atoms with E-state index in [-0.39, 0.29) is 22.7 Å². The summed E-state index contributed by atoms with van der Waals surface area (Å²) < 4.78 is 15.3. The number of benzene rings is 2. The fraction of sp³-hybridized carbons (Fsp3) is 0.318. The monoisotopic (exact) mass is 459 g/mol. The topological polar surface area (TPSA) is 146 Å². The Morgan fingerprint density at radius 1 is 1.06 bits per heavy atom. The summed E-state index contributed by atoms with van der Waals surface area (Å²) in [5.41, 5.74) is -0.759. The Labute approximate surface area is 190 Å². The Balaban J connectivity index is 2.05. The fourth-order valence-corrected chi connectivity index (χ4v) is 2.56. The first kappa shape index (κ1) is 25.1. The van der Waals surface area contributed by atoms with Crippen LogP contribution in [0.25, 0.3) is 0 Å². The zero-order chi connectivity index (χ0) is 24.8. The normalized spacial score (nSPS) is 11.7. The van der Waals surface area contributed by atoms with E-state index in [0.29, 0.717) is 5.69 Å². The lowest BCUT2D eigenvalue weighted by atomic mass is 10.2. The number of nitrogens with one attached hydrogen (secondary N) is 2. The largest absolute Gasteiger partial charge is 0.496 e. The number of methoxy groups -OCH3 is 1. The summed E-state index contributed by atoms with van der Waals surface area (Å²) in [4.78, 5) is 47.4. The van der Waals surface area contributed by atoms with Crippen LogP contribution >= 0.6 is 0 Å². The Morgan fingerprint density at radius 3 is 2.36 bits per heavy atom. The van der Waals surface area contributed by atoms with E-state index >= 15 is 0 Å². The van der Waals surface area contributed by atoms with Crippen molar-refractivity contribution in [3.8, 4) is 5.75 Å². The highest BCUT2D eigenvalue weighted by Gasteiger charge is 2.23. The molecule has 2 amide bonds. The van der Waals surface area contributed by atoms with Crippen molar-refractivity contribution in [3.05, 3.63) is 58.1 Å². The minimum Gasteiger partial charge on any atom is -0.496 e. The van der Waals surface area contributed by atoms with E-state index in [4.69, 9.17) is 14.2 Å². The second-order valence-corrected chi connectivity index (χ2v) is 7.88. The Morgan fingerprint density at radius 2 is 1.76 bits per heavy atom. The number of nitro groups is 1. The molecular weight excluding hydrogens is 434 g/mol. The quantitative estimate of drug-likeness (QED) is 0.357. The summed E-state index contributed by atoms with van der Waals surface area (Å²) in [6.07, 6.45) is -1.96. The maximum absolute atomic E-state index is 12.5. The van der Waals surface area contributed by atoms with Crippen molar-refractivity contribution in [1.29, 1.82) is 0 Å². The van der Waals surface area contributed by atoms with Gasteiger partial charge in [-0.25, -0.2) is 9.59 Å². The lowest BCUT2D eigenvalue weighted by molar-refractivity contribution is -0.384. The van der Waals surface area contributed by atoms with Crippen LogP contribution in [0.2, 0.25) is 0 Å². The van der Waals surface area contributed by atoms with E-state index in [0.717, 1.165) is 6.07 Å². The highest BCUT2D eigenvalue weighted by atomic mass is 16.6. The molecule has 0 aromatic heterocycles. The van der Waals surface area contributed by atoms with Gasteiger partial charge in [0.15, 0.2) is 6.10 Å². The van der Waals surface area contributed by atoms with Gasteiger partial charge in [0.1, 0.15) is 17.0 Å². The molecule has 2 aromatic carbocycles. The summed E-state index contributed by atoms with van der Waals surface area (Å²) in [7, 11) is 1.36. The minimum atomic E-state index is -1.26. The van der Waals surface area contributed by atoms with Crippen molar-refractivity contribution in [3.63, 3.8) is 0 Å². The SMILES string of the molecule is COc1ccc(NC(=O)C(C)OC(=O)c2cccc(NC(=O)OC(C)(C)C)c2)c([N+](=O)[O-])c1. The van der Waals surface area contributed by atoms with Crippen LogP contribution < -0.4 is 15.4 Å². The first-order valence-corrected chi connectivity index (χ1v) is 9.84. The molecule has 2 N–H and O–H groups in total. The number of amides is 2. The highest BCUT2D eigenvalue weighted by Crippen LogP contribution is 2.29. The number of anilines is 2. The van der Waals surface area contributed by atoms with Gasteiger partial charge in [0.05, 0.1) is 23.7 Å². The van der Waals surface area contributed by atoms with E-state index < -0.39 is 34.6 Å². The van der Waals surface area contributed by atoms with Gasteiger partial charge in [-0.1, -0.05) is 6.07 Å². The predicted molar refractivity (Wildman–Crippen MR) is 119 cm³/mol. The van der Waals surface area contributed by atoms with Gasteiger partial charge < -0.3 is 19.5 Å². The summed E-state index contributed by atoms with van der Waals surface area (Å²) in [5, 5.41) is 16.1. The van der Waals surface area contributed by atoms with E-state index in [9.17, 15) is 24.5 Å². The van der Waals surface area contributed by atoms with Crippen molar-refractivity contribution in [2.75, 3.05) is 17.7 Å². The van der Waals surface area contributed by atoms with Crippen LogP contribution in [0.1, 0.15) is 38.1 Å². The molecule has 0 aliphatic rings. The van der Waals surface area contributed by atoms with Crippen LogP contribution in [-0.4, -0.2) is 41.7 Å². The summed E-state index contributed by atoms with van der Waals surface area (Å²) in [6.45, 7) is 6.47. The number of nitrogens with zero attached hydrogens (tertiary/aromatic N) is 1. The average Bonchev–Trinajstić information content (AvgIpc) is 2.72. The van der Waals surface area contributed by atoms with Crippen molar-refractivity contribution in [1.82, 2.24) is 0 Å².